The van der Waals surface area contributed by atoms with E-state index in [2.05, 4.69) is 4.98 Å². The molecule has 0 atom stereocenters. The Hall–Kier alpha value is -2.36. The minimum atomic E-state index is -0.210. The topological polar surface area (TPSA) is 43.8 Å². The van der Waals surface area contributed by atoms with Gasteiger partial charge >= 0.3 is 0 Å². The van der Waals surface area contributed by atoms with Crippen molar-refractivity contribution in [3.8, 4) is 11.3 Å². The molecule has 0 aliphatic heterocycles. The number of aromatic nitrogens is 2. The fourth-order valence-electron chi connectivity index (χ4n) is 2.16. The highest BCUT2D eigenvalue weighted by Crippen LogP contribution is 2.28. The standard InChI is InChI=1S/C14H12FN3/c1-18-12-4-2-3-11(15)10(12)7-13(18)9-5-6-14(16)17-8-9/h2-8H,1H3,(H2,16,17). The van der Waals surface area contributed by atoms with Crippen LogP contribution in [-0.2, 0) is 7.05 Å². The third-order valence-corrected chi connectivity index (χ3v) is 3.12. The maximum atomic E-state index is 13.7. The summed E-state index contributed by atoms with van der Waals surface area (Å²) < 4.78 is 15.7. The lowest BCUT2D eigenvalue weighted by atomic mass is 10.2. The monoisotopic (exact) mass is 241 g/mol. The number of fused-ring (bicyclic) bond motifs is 1. The van der Waals surface area contributed by atoms with Crippen molar-refractivity contribution in [1.82, 2.24) is 9.55 Å². The number of aryl methyl sites for hydroxylation is 1. The van der Waals surface area contributed by atoms with Crippen LogP contribution in [0.15, 0.2) is 42.6 Å². The maximum absolute atomic E-state index is 13.7. The van der Waals surface area contributed by atoms with Gasteiger partial charge in [0.1, 0.15) is 11.6 Å². The summed E-state index contributed by atoms with van der Waals surface area (Å²) in [7, 11) is 1.91. The number of nitrogens with two attached hydrogens (primary N) is 1. The zero-order valence-corrected chi connectivity index (χ0v) is 9.89. The van der Waals surface area contributed by atoms with Gasteiger partial charge in [0.15, 0.2) is 0 Å². The lowest BCUT2D eigenvalue weighted by molar-refractivity contribution is 0.640. The summed E-state index contributed by atoms with van der Waals surface area (Å²) in [5.74, 6) is 0.265. The van der Waals surface area contributed by atoms with Crippen LogP contribution in [0.5, 0.6) is 0 Å². The lowest BCUT2D eigenvalue weighted by Crippen LogP contribution is -1.93. The van der Waals surface area contributed by atoms with Crippen LogP contribution in [0, 0.1) is 5.82 Å². The van der Waals surface area contributed by atoms with Crippen molar-refractivity contribution in [2.24, 2.45) is 7.05 Å². The molecule has 2 aromatic heterocycles. The molecule has 0 radical (unpaired) electrons. The summed E-state index contributed by atoms with van der Waals surface area (Å²) in [5.41, 5.74) is 8.26. The van der Waals surface area contributed by atoms with E-state index in [0.717, 1.165) is 16.8 Å². The van der Waals surface area contributed by atoms with Gasteiger partial charge in [-0.15, -0.1) is 0 Å². The van der Waals surface area contributed by atoms with Crippen molar-refractivity contribution in [1.29, 1.82) is 0 Å². The number of nitrogens with zero attached hydrogens (tertiary/aromatic N) is 2. The first-order valence-corrected chi connectivity index (χ1v) is 5.62. The van der Waals surface area contributed by atoms with Crippen LogP contribution in [-0.4, -0.2) is 9.55 Å². The molecule has 0 amide bonds. The van der Waals surface area contributed by atoms with Crippen molar-refractivity contribution in [3.05, 3.63) is 48.4 Å². The fraction of sp³-hybridized carbons (Fsp3) is 0.0714. The Bertz CT molecular complexity index is 714. The number of nitrogen functional groups attached to an aromatic ring is 1. The summed E-state index contributed by atoms with van der Waals surface area (Å²) in [6, 6.07) is 10.5. The van der Waals surface area contributed by atoms with Gasteiger partial charge in [0.2, 0.25) is 0 Å². The molecule has 2 N–H and O–H groups in total. The van der Waals surface area contributed by atoms with Crippen molar-refractivity contribution in [3.63, 3.8) is 0 Å². The zero-order valence-electron chi connectivity index (χ0n) is 9.89. The third-order valence-electron chi connectivity index (χ3n) is 3.12. The molecule has 0 saturated carbocycles. The summed E-state index contributed by atoms with van der Waals surface area (Å²) in [4.78, 5) is 4.06. The Morgan fingerprint density at radius 3 is 2.72 bits per heavy atom. The van der Waals surface area contributed by atoms with Gasteiger partial charge in [0.25, 0.3) is 0 Å². The lowest BCUT2D eigenvalue weighted by Gasteiger charge is -2.04. The van der Waals surface area contributed by atoms with Crippen molar-refractivity contribution in [2.75, 3.05) is 5.73 Å². The highest BCUT2D eigenvalue weighted by Gasteiger charge is 2.10. The van der Waals surface area contributed by atoms with Crippen LogP contribution in [0.3, 0.4) is 0 Å². The average molecular weight is 241 g/mol. The zero-order chi connectivity index (χ0) is 12.7. The number of halogens is 1. The number of hydrogen-bond acceptors (Lipinski definition) is 2. The highest BCUT2D eigenvalue weighted by atomic mass is 19.1. The summed E-state index contributed by atoms with van der Waals surface area (Å²) >= 11 is 0. The fourth-order valence-corrected chi connectivity index (χ4v) is 2.16. The van der Waals surface area contributed by atoms with Gasteiger partial charge in [-0.1, -0.05) is 6.07 Å². The van der Waals surface area contributed by atoms with E-state index in [-0.39, 0.29) is 5.82 Å². The van der Waals surface area contributed by atoms with Gasteiger partial charge in [-0.05, 0) is 30.3 Å². The smallest absolute Gasteiger partial charge is 0.132 e. The highest BCUT2D eigenvalue weighted by molar-refractivity contribution is 5.87. The molecule has 0 aliphatic carbocycles. The second kappa shape index (κ2) is 3.84. The number of pyridine rings is 1. The Balaban J connectivity index is 2.27. The molecule has 3 aromatic rings. The second-order valence-electron chi connectivity index (χ2n) is 4.23. The Labute approximate surface area is 104 Å². The molecule has 0 unspecified atom stereocenters. The molecule has 0 bridgehead atoms. The van der Waals surface area contributed by atoms with Gasteiger partial charge in [-0.2, -0.15) is 0 Å². The minimum absolute atomic E-state index is 0.210. The van der Waals surface area contributed by atoms with Gasteiger partial charge in [-0.25, -0.2) is 9.37 Å². The predicted octanol–water partition coefficient (Wildman–Crippen LogP) is 2.96. The number of hydrogen-bond donors (Lipinski definition) is 1. The number of benzene rings is 1. The van der Waals surface area contributed by atoms with Crippen molar-refractivity contribution >= 4 is 16.7 Å². The molecule has 0 aliphatic rings. The van der Waals surface area contributed by atoms with Crippen LogP contribution in [0.4, 0.5) is 10.2 Å². The summed E-state index contributed by atoms with van der Waals surface area (Å²) in [5, 5.41) is 0.617. The first kappa shape index (κ1) is 10.8. The van der Waals surface area contributed by atoms with Crippen LogP contribution in [0.25, 0.3) is 22.2 Å². The van der Waals surface area contributed by atoms with Crippen LogP contribution >= 0.6 is 0 Å². The molecule has 0 fully saturated rings. The maximum Gasteiger partial charge on any atom is 0.132 e. The van der Waals surface area contributed by atoms with Crippen LogP contribution in [0.1, 0.15) is 0 Å². The molecule has 4 heteroatoms. The SMILES string of the molecule is Cn1c(-c2ccc(N)nc2)cc2c(F)cccc21. The second-order valence-corrected chi connectivity index (χ2v) is 4.23. The van der Waals surface area contributed by atoms with E-state index < -0.39 is 0 Å². The predicted molar refractivity (Wildman–Crippen MR) is 70.5 cm³/mol. The number of anilines is 1. The van der Waals surface area contributed by atoms with E-state index in [9.17, 15) is 4.39 Å². The van der Waals surface area contributed by atoms with Gasteiger partial charge in [0, 0.05) is 24.2 Å². The average Bonchev–Trinajstić information content (AvgIpc) is 2.70. The van der Waals surface area contributed by atoms with Crippen molar-refractivity contribution < 1.29 is 4.39 Å². The van der Waals surface area contributed by atoms with Crippen LogP contribution in [0.2, 0.25) is 0 Å². The third kappa shape index (κ3) is 1.54. The van der Waals surface area contributed by atoms with Gasteiger partial charge in [0.05, 0.1) is 11.2 Å². The quantitative estimate of drug-likeness (QED) is 0.711. The first-order valence-electron chi connectivity index (χ1n) is 5.62. The normalized spacial score (nSPS) is 11.0. The van der Waals surface area contributed by atoms with Crippen LogP contribution < -0.4 is 5.73 Å². The Morgan fingerprint density at radius 2 is 2.06 bits per heavy atom. The summed E-state index contributed by atoms with van der Waals surface area (Å²) in [6.45, 7) is 0. The number of rotatable bonds is 1. The molecule has 3 nitrogen and oxygen atoms in total. The summed E-state index contributed by atoms with van der Waals surface area (Å²) in [6.07, 6.45) is 1.70. The molecule has 0 spiro atoms. The Morgan fingerprint density at radius 1 is 1.22 bits per heavy atom. The van der Waals surface area contributed by atoms with Crippen molar-refractivity contribution in [2.45, 2.75) is 0 Å². The van der Waals surface area contributed by atoms with E-state index in [1.807, 2.05) is 29.8 Å². The van der Waals surface area contributed by atoms with Gasteiger partial charge < -0.3 is 10.3 Å². The van der Waals surface area contributed by atoms with E-state index in [1.165, 1.54) is 6.07 Å². The minimum Gasteiger partial charge on any atom is -0.384 e. The molecular formula is C14H12FN3. The van der Waals surface area contributed by atoms with E-state index >= 15 is 0 Å². The molecule has 3 rings (SSSR count). The Kier molecular flexibility index (Phi) is 2.30. The molecule has 0 saturated heterocycles. The molecule has 1 aromatic carbocycles. The molecule has 2 heterocycles. The van der Waals surface area contributed by atoms with E-state index in [4.69, 9.17) is 5.73 Å². The first-order chi connectivity index (χ1) is 8.66. The van der Waals surface area contributed by atoms with E-state index in [0.29, 0.717) is 11.2 Å². The molecule has 90 valence electrons. The van der Waals surface area contributed by atoms with E-state index in [1.54, 1.807) is 18.3 Å². The molecule has 18 heavy (non-hydrogen) atoms. The largest absolute Gasteiger partial charge is 0.384 e. The van der Waals surface area contributed by atoms with Gasteiger partial charge in [-0.3, -0.25) is 0 Å². The molecular weight excluding hydrogens is 229 g/mol.